The smallest absolute Gasteiger partial charge is 0.260 e. The molecule has 7 nitrogen and oxygen atoms in total. The molecule has 2 aromatic carbocycles. The minimum absolute atomic E-state index is 0.0664. The number of methoxy groups -OCH3 is 1. The molecule has 2 N–H and O–H groups in total. The second-order valence-electron chi connectivity index (χ2n) is 7.19. The van der Waals surface area contributed by atoms with E-state index >= 15 is 0 Å². The lowest BCUT2D eigenvalue weighted by Crippen LogP contribution is -2.32. The predicted octanol–water partition coefficient (Wildman–Crippen LogP) is 2.86. The molecule has 7 heteroatoms. The van der Waals surface area contributed by atoms with Crippen LogP contribution in [0.2, 0.25) is 0 Å². The summed E-state index contributed by atoms with van der Waals surface area (Å²) in [6.45, 7) is 3.17. The lowest BCUT2D eigenvalue weighted by atomic mass is 10.2. The van der Waals surface area contributed by atoms with Crippen LogP contribution in [-0.2, 0) is 17.9 Å². The average molecular weight is 394 g/mol. The summed E-state index contributed by atoms with van der Waals surface area (Å²) in [5, 5.41) is 3.39. The van der Waals surface area contributed by atoms with E-state index in [2.05, 4.69) is 15.3 Å². The Hall–Kier alpha value is -3.06. The molecular formula is C22H26N4O3. The SMILES string of the molecule is COc1ccc2nc(CNCc3ccc(OCC(=O)N4CCCC4)cc3)[nH]c2c1. The molecule has 1 aromatic heterocycles. The summed E-state index contributed by atoms with van der Waals surface area (Å²) in [5.74, 6) is 2.47. The van der Waals surface area contributed by atoms with E-state index in [1.54, 1.807) is 7.11 Å². The Labute approximate surface area is 170 Å². The normalized spacial score (nSPS) is 13.8. The van der Waals surface area contributed by atoms with Gasteiger partial charge in [0.2, 0.25) is 0 Å². The number of carbonyl (C=O) groups is 1. The molecule has 0 saturated carbocycles. The van der Waals surface area contributed by atoms with Gasteiger partial charge in [0.15, 0.2) is 6.61 Å². The van der Waals surface area contributed by atoms with Crippen LogP contribution in [0.25, 0.3) is 11.0 Å². The van der Waals surface area contributed by atoms with Crippen LogP contribution in [0.15, 0.2) is 42.5 Å². The van der Waals surface area contributed by atoms with Gasteiger partial charge in [-0.3, -0.25) is 4.79 Å². The third-order valence-corrected chi connectivity index (χ3v) is 5.10. The summed E-state index contributed by atoms with van der Waals surface area (Å²) in [6, 6.07) is 13.6. The molecule has 1 aliphatic rings. The first kappa shape index (κ1) is 19.3. The van der Waals surface area contributed by atoms with Crippen molar-refractivity contribution in [3.63, 3.8) is 0 Å². The first-order valence-corrected chi connectivity index (χ1v) is 9.94. The number of carbonyl (C=O) groups excluding carboxylic acids is 1. The van der Waals surface area contributed by atoms with Crippen molar-refractivity contribution in [2.24, 2.45) is 0 Å². The zero-order valence-electron chi connectivity index (χ0n) is 16.6. The summed E-state index contributed by atoms with van der Waals surface area (Å²) in [5.41, 5.74) is 3.03. The van der Waals surface area contributed by atoms with Gasteiger partial charge in [-0.05, 0) is 42.7 Å². The fraction of sp³-hybridized carbons (Fsp3) is 0.364. The number of hydrogen-bond acceptors (Lipinski definition) is 5. The van der Waals surface area contributed by atoms with E-state index in [0.717, 1.165) is 54.1 Å². The molecule has 1 saturated heterocycles. The van der Waals surface area contributed by atoms with Crippen LogP contribution in [-0.4, -0.2) is 47.6 Å². The number of nitrogens with zero attached hydrogens (tertiary/aromatic N) is 2. The van der Waals surface area contributed by atoms with Crippen molar-refractivity contribution >= 4 is 16.9 Å². The van der Waals surface area contributed by atoms with Gasteiger partial charge in [0.1, 0.15) is 17.3 Å². The Bertz CT molecular complexity index is 962. The number of H-pyrrole nitrogens is 1. The highest BCUT2D eigenvalue weighted by atomic mass is 16.5. The van der Waals surface area contributed by atoms with E-state index in [4.69, 9.17) is 9.47 Å². The van der Waals surface area contributed by atoms with Crippen LogP contribution >= 0.6 is 0 Å². The number of ether oxygens (including phenoxy) is 2. The van der Waals surface area contributed by atoms with Gasteiger partial charge in [-0.25, -0.2) is 4.98 Å². The van der Waals surface area contributed by atoms with E-state index in [0.29, 0.717) is 18.8 Å². The molecule has 0 bridgehead atoms. The van der Waals surface area contributed by atoms with Crippen LogP contribution in [0.5, 0.6) is 11.5 Å². The summed E-state index contributed by atoms with van der Waals surface area (Å²) in [7, 11) is 1.65. The van der Waals surface area contributed by atoms with Gasteiger partial charge in [-0.2, -0.15) is 0 Å². The van der Waals surface area contributed by atoms with Gasteiger partial charge in [0, 0.05) is 25.7 Å². The number of amides is 1. The van der Waals surface area contributed by atoms with E-state index in [1.165, 1.54) is 0 Å². The van der Waals surface area contributed by atoms with Crippen molar-refractivity contribution in [2.75, 3.05) is 26.8 Å². The zero-order valence-corrected chi connectivity index (χ0v) is 16.6. The molecule has 1 amide bonds. The largest absolute Gasteiger partial charge is 0.497 e. The van der Waals surface area contributed by atoms with Crippen molar-refractivity contribution in [3.05, 3.63) is 53.9 Å². The molecule has 29 heavy (non-hydrogen) atoms. The first-order chi connectivity index (χ1) is 14.2. The third-order valence-electron chi connectivity index (χ3n) is 5.10. The van der Waals surface area contributed by atoms with Crippen molar-refractivity contribution < 1.29 is 14.3 Å². The molecule has 0 radical (unpaired) electrons. The molecule has 2 heterocycles. The molecule has 152 valence electrons. The van der Waals surface area contributed by atoms with Crippen LogP contribution < -0.4 is 14.8 Å². The first-order valence-electron chi connectivity index (χ1n) is 9.94. The van der Waals surface area contributed by atoms with Gasteiger partial charge in [-0.1, -0.05) is 12.1 Å². The number of nitrogens with one attached hydrogen (secondary N) is 2. The highest BCUT2D eigenvalue weighted by molar-refractivity contribution is 5.78. The number of rotatable bonds is 8. The van der Waals surface area contributed by atoms with E-state index < -0.39 is 0 Å². The quantitative estimate of drug-likeness (QED) is 0.614. The molecular weight excluding hydrogens is 368 g/mol. The highest BCUT2D eigenvalue weighted by Gasteiger charge is 2.18. The predicted molar refractivity (Wildman–Crippen MR) is 111 cm³/mol. The Morgan fingerprint density at radius 2 is 1.86 bits per heavy atom. The number of hydrogen-bond donors (Lipinski definition) is 2. The van der Waals surface area contributed by atoms with Crippen LogP contribution in [0.4, 0.5) is 0 Å². The Balaban J connectivity index is 1.24. The average Bonchev–Trinajstić information content (AvgIpc) is 3.42. The molecule has 4 rings (SSSR count). The van der Waals surface area contributed by atoms with Crippen molar-refractivity contribution in [3.8, 4) is 11.5 Å². The van der Waals surface area contributed by atoms with Crippen molar-refractivity contribution in [1.82, 2.24) is 20.2 Å². The molecule has 0 unspecified atom stereocenters. The molecule has 0 aliphatic carbocycles. The zero-order chi connectivity index (χ0) is 20.1. The molecule has 3 aromatic rings. The number of aromatic nitrogens is 2. The van der Waals surface area contributed by atoms with E-state index in [1.807, 2.05) is 47.4 Å². The number of fused-ring (bicyclic) bond motifs is 1. The molecule has 1 fully saturated rings. The number of likely N-dealkylation sites (tertiary alicyclic amines) is 1. The lowest BCUT2D eigenvalue weighted by molar-refractivity contribution is -0.132. The van der Waals surface area contributed by atoms with Gasteiger partial charge in [0.05, 0.1) is 24.7 Å². The standard InChI is InChI=1S/C22H26N4O3/c1-28-18-8-9-19-20(12-18)25-21(24-19)14-23-13-16-4-6-17(7-5-16)29-15-22(27)26-10-2-3-11-26/h4-9,12,23H,2-3,10-11,13-15H2,1H3,(H,24,25). The molecule has 1 aliphatic heterocycles. The van der Waals surface area contributed by atoms with Crippen molar-refractivity contribution in [2.45, 2.75) is 25.9 Å². The second kappa shape index (κ2) is 8.96. The maximum atomic E-state index is 12.0. The van der Waals surface area contributed by atoms with Crippen LogP contribution in [0.1, 0.15) is 24.2 Å². The van der Waals surface area contributed by atoms with Crippen LogP contribution in [0, 0.1) is 0 Å². The summed E-state index contributed by atoms with van der Waals surface area (Å²) in [4.78, 5) is 21.8. The van der Waals surface area contributed by atoms with Crippen molar-refractivity contribution in [1.29, 1.82) is 0 Å². The summed E-state index contributed by atoms with van der Waals surface area (Å²) in [6.07, 6.45) is 2.19. The lowest BCUT2D eigenvalue weighted by Gasteiger charge is -2.15. The topological polar surface area (TPSA) is 79.5 Å². The fourth-order valence-electron chi connectivity index (χ4n) is 3.48. The Kier molecular flexibility index (Phi) is 5.95. The summed E-state index contributed by atoms with van der Waals surface area (Å²) < 4.78 is 10.9. The van der Waals surface area contributed by atoms with Gasteiger partial charge < -0.3 is 24.7 Å². The Morgan fingerprint density at radius 3 is 2.62 bits per heavy atom. The number of aromatic amines is 1. The molecule has 0 atom stereocenters. The van der Waals surface area contributed by atoms with E-state index in [-0.39, 0.29) is 12.5 Å². The van der Waals surface area contributed by atoms with Crippen LogP contribution in [0.3, 0.4) is 0 Å². The summed E-state index contributed by atoms with van der Waals surface area (Å²) >= 11 is 0. The minimum atomic E-state index is 0.0664. The monoisotopic (exact) mass is 394 g/mol. The third kappa shape index (κ3) is 4.86. The minimum Gasteiger partial charge on any atom is -0.497 e. The maximum Gasteiger partial charge on any atom is 0.260 e. The maximum absolute atomic E-state index is 12.0. The number of benzene rings is 2. The fourth-order valence-corrected chi connectivity index (χ4v) is 3.48. The Morgan fingerprint density at radius 1 is 1.10 bits per heavy atom. The van der Waals surface area contributed by atoms with Gasteiger partial charge >= 0.3 is 0 Å². The van der Waals surface area contributed by atoms with Gasteiger partial charge in [-0.15, -0.1) is 0 Å². The van der Waals surface area contributed by atoms with Gasteiger partial charge in [0.25, 0.3) is 5.91 Å². The molecule has 0 spiro atoms. The number of imidazole rings is 1. The van der Waals surface area contributed by atoms with E-state index in [9.17, 15) is 4.79 Å². The highest BCUT2D eigenvalue weighted by Crippen LogP contribution is 2.19. The second-order valence-corrected chi connectivity index (χ2v) is 7.19.